The molecule has 1 N–H and O–H groups in total. The summed E-state index contributed by atoms with van der Waals surface area (Å²) in [6.07, 6.45) is 0. The summed E-state index contributed by atoms with van der Waals surface area (Å²) in [5.74, 6) is 0.304. The number of hydrogen-bond donors (Lipinski definition) is 1. The van der Waals surface area contributed by atoms with Crippen molar-refractivity contribution in [3.63, 3.8) is 0 Å². The predicted octanol–water partition coefficient (Wildman–Crippen LogP) is 3.57. The molecule has 0 radical (unpaired) electrons. The summed E-state index contributed by atoms with van der Waals surface area (Å²) in [5, 5.41) is 13.1. The van der Waals surface area contributed by atoms with Gasteiger partial charge in [0.05, 0.1) is 0 Å². The van der Waals surface area contributed by atoms with E-state index in [4.69, 9.17) is 11.6 Å². The molecule has 1 aromatic carbocycles. The van der Waals surface area contributed by atoms with Crippen molar-refractivity contribution in [1.82, 2.24) is 0 Å². The zero-order valence-corrected chi connectivity index (χ0v) is 8.04. The molecule has 1 nitrogen and oxygen atoms in total. The van der Waals surface area contributed by atoms with Crippen molar-refractivity contribution in [3.8, 4) is 5.75 Å². The van der Waals surface area contributed by atoms with Crippen molar-refractivity contribution in [1.29, 1.82) is 0 Å². The van der Waals surface area contributed by atoms with Gasteiger partial charge in [0.1, 0.15) is 5.75 Å². The van der Waals surface area contributed by atoms with Gasteiger partial charge >= 0.3 is 0 Å². The van der Waals surface area contributed by atoms with E-state index >= 15 is 0 Å². The molecule has 0 saturated heterocycles. The minimum atomic E-state index is 0.304. The average molecular weight is 199 g/mol. The molecule has 0 aliphatic heterocycles. The van der Waals surface area contributed by atoms with E-state index in [1.807, 2.05) is 24.4 Å². The highest BCUT2D eigenvalue weighted by molar-refractivity contribution is 7.17. The molecule has 0 aliphatic rings. The van der Waals surface area contributed by atoms with Gasteiger partial charge < -0.3 is 5.11 Å². The fourth-order valence-electron chi connectivity index (χ4n) is 1.17. The zero-order chi connectivity index (χ0) is 8.72. The Morgan fingerprint density at radius 3 is 3.00 bits per heavy atom. The van der Waals surface area contributed by atoms with Crippen molar-refractivity contribution in [3.05, 3.63) is 28.1 Å². The molecule has 1 aromatic heterocycles. The van der Waals surface area contributed by atoms with Crippen LogP contribution < -0.4 is 0 Å². The van der Waals surface area contributed by atoms with E-state index in [1.54, 1.807) is 11.3 Å². The van der Waals surface area contributed by atoms with Crippen LogP contribution in [0, 0.1) is 6.92 Å². The van der Waals surface area contributed by atoms with Crippen LogP contribution in [0.1, 0.15) is 5.56 Å². The van der Waals surface area contributed by atoms with Crippen LogP contribution in [0.15, 0.2) is 17.5 Å². The van der Waals surface area contributed by atoms with Gasteiger partial charge in [0.15, 0.2) is 0 Å². The topological polar surface area (TPSA) is 20.2 Å². The first kappa shape index (κ1) is 7.90. The molecule has 0 spiro atoms. The lowest BCUT2D eigenvalue weighted by molar-refractivity contribution is 0.478. The van der Waals surface area contributed by atoms with E-state index in [2.05, 4.69) is 0 Å². The summed E-state index contributed by atoms with van der Waals surface area (Å²) < 4.78 is 1.03. The lowest BCUT2D eigenvalue weighted by atomic mass is 10.1. The van der Waals surface area contributed by atoms with Gasteiger partial charge in [-0.2, -0.15) is 0 Å². The van der Waals surface area contributed by atoms with Crippen LogP contribution in [0.4, 0.5) is 0 Å². The molecule has 2 rings (SSSR count). The third kappa shape index (κ3) is 0.993. The summed E-state index contributed by atoms with van der Waals surface area (Å²) in [6.45, 7) is 1.81. The van der Waals surface area contributed by atoms with Gasteiger partial charge in [-0.05, 0) is 24.4 Å². The average Bonchev–Trinajstić information content (AvgIpc) is 2.48. The Morgan fingerprint density at radius 2 is 2.25 bits per heavy atom. The highest BCUT2D eigenvalue weighted by atomic mass is 35.5. The molecule has 0 amide bonds. The lowest BCUT2D eigenvalue weighted by Crippen LogP contribution is -1.76. The Hall–Kier alpha value is -0.730. The SMILES string of the molecule is Cc1c(Cl)cc2sccc2c1O. The standard InChI is InChI=1S/C9H7ClOS/c1-5-7(10)4-8-6(9(5)11)2-3-12-8/h2-4,11H,1H3. The van der Waals surface area contributed by atoms with Crippen LogP contribution in [0.25, 0.3) is 10.1 Å². The molecular weight excluding hydrogens is 192 g/mol. The highest BCUT2D eigenvalue weighted by Crippen LogP contribution is 2.36. The maximum Gasteiger partial charge on any atom is 0.128 e. The van der Waals surface area contributed by atoms with Crippen molar-refractivity contribution in [2.75, 3.05) is 0 Å². The number of fused-ring (bicyclic) bond motifs is 1. The first-order valence-corrected chi connectivity index (χ1v) is 4.81. The first-order chi connectivity index (χ1) is 5.70. The lowest BCUT2D eigenvalue weighted by Gasteiger charge is -2.01. The van der Waals surface area contributed by atoms with E-state index in [0.29, 0.717) is 10.8 Å². The van der Waals surface area contributed by atoms with Gasteiger partial charge in [-0.3, -0.25) is 0 Å². The number of benzene rings is 1. The molecule has 0 fully saturated rings. The van der Waals surface area contributed by atoms with Crippen molar-refractivity contribution < 1.29 is 5.11 Å². The number of rotatable bonds is 0. The number of halogens is 1. The summed E-state index contributed by atoms with van der Waals surface area (Å²) >= 11 is 7.48. The summed E-state index contributed by atoms with van der Waals surface area (Å²) in [7, 11) is 0. The summed E-state index contributed by atoms with van der Waals surface area (Å²) in [5.41, 5.74) is 0.752. The van der Waals surface area contributed by atoms with E-state index in [0.717, 1.165) is 15.6 Å². The minimum absolute atomic E-state index is 0.304. The number of hydrogen-bond acceptors (Lipinski definition) is 2. The monoisotopic (exact) mass is 198 g/mol. The maximum absolute atomic E-state index is 9.65. The Balaban J connectivity index is 2.94. The smallest absolute Gasteiger partial charge is 0.128 e. The molecule has 0 saturated carbocycles. The molecule has 62 valence electrons. The van der Waals surface area contributed by atoms with Gasteiger partial charge in [-0.1, -0.05) is 11.6 Å². The van der Waals surface area contributed by atoms with Gasteiger partial charge in [0.2, 0.25) is 0 Å². The molecule has 1 heterocycles. The molecule has 0 aliphatic carbocycles. The van der Waals surface area contributed by atoms with Crippen LogP contribution >= 0.6 is 22.9 Å². The Morgan fingerprint density at radius 1 is 1.50 bits per heavy atom. The first-order valence-electron chi connectivity index (χ1n) is 3.55. The minimum Gasteiger partial charge on any atom is -0.507 e. The highest BCUT2D eigenvalue weighted by Gasteiger charge is 2.07. The summed E-state index contributed by atoms with van der Waals surface area (Å²) in [6, 6.07) is 3.79. The van der Waals surface area contributed by atoms with Gasteiger partial charge in [0, 0.05) is 20.7 Å². The molecule has 2 aromatic rings. The van der Waals surface area contributed by atoms with Gasteiger partial charge in [-0.15, -0.1) is 11.3 Å². The fraction of sp³-hybridized carbons (Fsp3) is 0.111. The van der Waals surface area contributed by atoms with Crippen LogP contribution in [-0.4, -0.2) is 5.11 Å². The number of phenols is 1. The van der Waals surface area contributed by atoms with E-state index < -0.39 is 0 Å². The number of phenolic OH excluding ortho intramolecular Hbond substituents is 1. The van der Waals surface area contributed by atoms with E-state index in [-0.39, 0.29) is 0 Å². The van der Waals surface area contributed by atoms with E-state index in [1.165, 1.54) is 0 Å². The Kier molecular flexibility index (Phi) is 1.74. The molecule has 0 atom stereocenters. The second-order valence-electron chi connectivity index (χ2n) is 2.66. The number of thiophene rings is 1. The zero-order valence-electron chi connectivity index (χ0n) is 6.47. The quantitative estimate of drug-likeness (QED) is 0.686. The van der Waals surface area contributed by atoms with Gasteiger partial charge in [0.25, 0.3) is 0 Å². The van der Waals surface area contributed by atoms with Crippen molar-refractivity contribution >= 4 is 33.0 Å². The van der Waals surface area contributed by atoms with Crippen molar-refractivity contribution in [2.24, 2.45) is 0 Å². The van der Waals surface area contributed by atoms with Crippen LogP contribution in [0.3, 0.4) is 0 Å². The maximum atomic E-state index is 9.65. The van der Waals surface area contributed by atoms with E-state index in [9.17, 15) is 5.11 Å². The number of aromatic hydroxyl groups is 1. The second kappa shape index (κ2) is 2.64. The van der Waals surface area contributed by atoms with Crippen LogP contribution in [-0.2, 0) is 0 Å². The summed E-state index contributed by atoms with van der Waals surface area (Å²) in [4.78, 5) is 0. The molecule has 0 bridgehead atoms. The second-order valence-corrected chi connectivity index (χ2v) is 4.02. The fourth-order valence-corrected chi connectivity index (χ4v) is 2.26. The molecule has 12 heavy (non-hydrogen) atoms. The molecule has 0 unspecified atom stereocenters. The normalized spacial score (nSPS) is 10.8. The third-order valence-corrected chi connectivity index (χ3v) is 3.18. The Bertz CT molecular complexity index is 433. The van der Waals surface area contributed by atoms with Crippen molar-refractivity contribution in [2.45, 2.75) is 6.92 Å². The van der Waals surface area contributed by atoms with Gasteiger partial charge in [-0.25, -0.2) is 0 Å². The van der Waals surface area contributed by atoms with Crippen LogP contribution in [0.5, 0.6) is 5.75 Å². The Labute approximate surface area is 79.2 Å². The van der Waals surface area contributed by atoms with Crippen LogP contribution in [0.2, 0.25) is 5.02 Å². The molecule has 3 heteroatoms. The predicted molar refractivity (Wildman–Crippen MR) is 53.2 cm³/mol. The third-order valence-electron chi connectivity index (χ3n) is 1.92. The largest absolute Gasteiger partial charge is 0.507 e. The molecular formula is C9H7ClOS.